The second-order valence-corrected chi connectivity index (χ2v) is 4.27. The minimum atomic E-state index is -0.0756. The Balaban J connectivity index is 2.65. The van der Waals surface area contributed by atoms with Gasteiger partial charge in [-0.15, -0.1) is 0 Å². The second-order valence-electron chi connectivity index (χ2n) is 4.27. The first-order valence-electron chi connectivity index (χ1n) is 5.98. The van der Waals surface area contributed by atoms with Gasteiger partial charge in [-0.2, -0.15) is 0 Å². The fraction of sp³-hybridized carbons (Fsp3) is 0.583. The van der Waals surface area contributed by atoms with Gasteiger partial charge >= 0.3 is 0 Å². The summed E-state index contributed by atoms with van der Waals surface area (Å²) in [7, 11) is 0. The van der Waals surface area contributed by atoms with Gasteiger partial charge in [0.1, 0.15) is 11.6 Å². The third kappa shape index (κ3) is 3.57. The van der Waals surface area contributed by atoms with Crippen LogP contribution in [-0.2, 0) is 0 Å². The van der Waals surface area contributed by atoms with Crippen molar-refractivity contribution in [2.75, 3.05) is 23.9 Å². The Hall–Kier alpha value is -1.33. The fourth-order valence-electron chi connectivity index (χ4n) is 1.67. The zero-order chi connectivity index (χ0) is 12.7. The van der Waals surface area contributed by atoms with E-state index in [4.69, 9.17) is 5.84 Å². The monoisotopic (exact) mass is 238 g/mol. The predicted octanol–water partition coefficient (Wildman–Crippen LogP) is 1.58. The molecule has 0 spiro atoms. The van der Waals surface area contributed by atoms with E-state index in [1.165, 1.54) is 0 Å². The van der Waals surface area contributed by atoms with E-state index in [-0.39, 0.29) is 12.0 Å². The van der Waals surface area contributed by atoms with E-state index in [0.717, 1.165) is 18.7 Å². The Bertz CT molecular complexity index is 331. The van der Waals surface area contributed by atoms with Crippen molar-refractivity contribution in [1.29, 1.82) is 0 Å². The molecule has 0 aliphatic carbocycles. The molecular formula is C12H22N4O. The molecule has 0 radical (unpaired) electrons. The van der Waals surface area contributed by atoms with E-state index in [2.05, 4.69) is 29.6 Å². The van der Waals surface area contributed by atoms with Crippen LogP contribution in [0.25, 0.3) is 0 Å². The molecule has 0 atom stereocenters. The first-order chi connectivity index (χ1) is 8.19. The highest BCUT2D eigenvalue weighted by Gasteiger charge is 2.24. The predicted molar refractivity (Wildman–Crippen MR) is 70.6 cm³/mol. The van der Waals surface area contributed by atoms with Crippen LogP contribution in [0.4, 0.5) is 11.6 Å². The van der Waals surface area contributed by atoms with Crippen LogP contribution < -0.4 is 16.6 Å². The van der Waals surface area contributed by atoms with Crippen molar-refractivity contribution in [2.24, 2.45) is 11.3 Å². The number of hydrogen-bond acceptors (Lipinski definition) is 5. The molecular weight excluding hydrogens is 216 g/mol. The number of rotatable bonds is 7. The number of nitrogens with zero attached hydrogens (tertiary/aromatic N) is 1. The number of hydrogen-bond donors (Lipinski definition) is 4. The van der Waals surface area contributed by atoms with Gasteiger partial charge in [-0.3, -0.25) is 0 Å². The van der Waals surface area contributed by atoms with Crippen LogP contribution in [0.5, 0.6) is 0 Å². The molecule has 0 fully saturated rings. The van der Waals surface area contributed by atoms with Crippen LogP contribution in [0.3, 0.4) is 0 Å². The molecule has 0 amide bonds. The van der Waals surface area contributed by atoms with Crippen LogP contribution >= 0.6 is 0 Å². The van der Waals surface area contributed by atoms with Gasteiger partial charge in [-0.25, -0.2) is 10.8 Å². The number of aliphatic hydroxyl groups excluding tert-OH is 1. The number of nitrogens with one attached hydrogen (secondary N) is 2. The normalized spacial score (nSPS) is 11.3. The number of aromatic nitrogens is 1. The van der Waals surface area contributed by atoms with E-state index in [9.17, 15) is 5.11 Å². The van der Waals surface area contributed by atoms with Gasteiger partial charge in [0.05, 0.1) is 6.61 Å². The van der Waals surface area contributed by atoms with E-state index < -0.39 is 0 Å². The summed E-state index contributed by atoms with van der Waals surface area (Å²) in [6.07, 6.45) is 1.86. The van der Waals surface area contributed by atoms with Crippen LogP contribution in [0.1, 0.15) is 26.7 Å². The molecule has 0 aliphatic rings. The Kier molecular flexibility index (Phi) is 5.18. The average Bonchev–Trinajstić information content (AvgIpc) is 2.41. The van der Waals surface area contributed by atoms with E-state index in [1.807, 2.05) is 12.1 Å². The fourth-order valence-corrected chi connectivity index (χ4v) is 1.67. The minimum absolute atomic E-state index is 0.0756. The van der Waals surface area contributed by atoms with Gasteiger partial charge in [-0.1, -0.05) is 19.9 Å². The summed E-state index contributed by atoms with van der Waals surface area (Å²) < 4.78 is 0. The Morgan fingerprint density at radius 3 is 2.47 bits per heavy atom. The number of nitrogen functional groups attached to an aromatic ring is 1. The first-order valence-corrected chi connectivity index (χ1v) is 5.98. The molecule has 0 saturated carbocycles. The number of hydrazine groups is 1. The van der Waals surface area contributed by atoms with Crippen LogP contribution in [0.2, 0.25) is 0 Å². The molecule has 0 aromatic carbocycles. The van der Waals surface area contributed by atoms with Gasteiger partial charge in [0.15, 0.2) is 0 Å². The molecule has 0 unspecified atom stereocenters. The molecule has 1 aromatic rings. The van der Waals surface area contributed by atoms with E-state index in [1.54, 1.807) is 6.07 Å². The standard InChI is InChI=1S/C12H22N4O/c1-3-12(4-2,9-17)8-14-10-6-5-7-11(15-10)16-13/h5-7,17H,3-4,8-9,13H2,1-2H3,(H2,14,15,16). The number of pyridine rings is 1. The molecule has 0 bridgehead atoms. The lowest BCUT2D eigenvalue weighted by Gasteiger charge is -2.29. The lowest BCUT2D eigenvalue weighted by Crippen LogP contribution is -2.32. The largest absolute Gasteiger partial charge is 0.396 e. The maximum absolute atomic E-state index is 9.46. The van der Waals surface area contributed by atoms with Crippen molar-refractivity contribution in [1.82, 2.24) is 4.98 Å². The SMILES string of the molecule is CCC(CC)(CO)CNc1cccc(NN)n1. The maximum Gasteiger partial charge on any atom is 0.142 e. The Labute approximate surface area is 102 Å². The first kappa shape index (κ1) is 13.7. The van der Waals surface area contributed by atoms with Crippen molar-refractivity contribution in [3.63, 3.8) is 0 Å². The van der Waals surface area contributed by atoms with Crippen LogP contribution in [0, 0.1) is 5.41 Å². The zero-order valence-electron chi connectivity index (χ0n) is 10.5. The van der Waals surface area contributed by atoms with Crippen molar-refractivity contribution in [3.8, 4) is 0 Å². The molecule has 17 heavy (non-hydrogen) atoms. The topological polar surface area (TPSA) is 83.2 Å². The van der Waals surface area contributed by atoms with Gasteiger partial charge < -0.3 is 15.8 Å². The zero-order valence-corrected chi connectivity index (χ0v) is 10.5. The quantitative estimate of drug-likeness (QED) is 0.428. The van der Waals surface area contributed by atoms with Gasteiger partial charge in [0, 0.05) is 12.0 Å². The molecule has 1 heterocycles. The Morgan fingerprint density at radius 2 is 1.94 bits per heavy atom. The molecule has 96 valence electrons. The average molecular weight is 238 g/mol. The molecule has 5 nitrogen and oxygen atoms in total. The molecule has 1 rings (SSSR count). The second kappa shape index (κ2) is 6.42. The van der Waals surface area contributed by atoms with Gasteiger partial charge in [-0.05, 0) is 25.0 Å². The number of aliphatic hydroxyl groups is 1. The minimum Gasteiger partial charge on any atom is -0.396 e. The Morgan fingerprint density at radius 1 is 1.29 bits per heavy atom. The van der Waals surface area contributed by atoms with Crippen molar-refractivity contribution < 1.29 is 5.11 Å². The lowest BCUT2D eigenvalue weighted by atomic mass is 9.83. The highest BCUT2D eigenvalue weighted by atomic mass is 16.3. The van der Waals surface area contributed by atoms with Crippen molar-refractivity contribution >= 4 is 11.6 Å². The lowest BCUT2D eigenvalue weighted by molar-refractivity contribution is 0.127. The summed E-state index contributed by atoms with van der Waals surface area (Å²) in [6, 6.07) is 5.56. The van der Waals surface area contributed by atoms with Crippen molar-refractivity contribution in [2.45, 2.75) is 26.7 Å². The summed E-state index contributed by atoms with van der Waals surface area (Å²) in [5, 5.41) is 12.7. The summed E-state index contributed by atoms with van der Waals surface area (Å²) >= 11 is 0. The molecule has 0 saturated heterocycles. The summed E-state index contributed by atoms with van der Waals surface area (Å²) in [5.41, 5.74) is 2.43. The smallest absolute Gasteiger partial charge is 0.142 e. The molecule has 5 N–H and O–H groups in total. The summed E-state index contributed by atoms with van der Waals surface area (Å²) in [6.45, 7) is 5.07. The highest BCUT2D eigenvalue weighted by molar-refractivity contribution is 5.44. The summed E-state index contributed by atoms with van der Waals surface area (Å²) in [4.78, 5) is 4.27. The van der Waals surface area contributed by atoms with Crippen LogP contribution in [-0.4, -0.2) is 23.2 Å². The van der Waals surface area contributed by atoms with E-state index >= 15 is 0 Å². The van der Waals surface area contributed by atoms with Gasteiger partial charge in [0.2, 0.25) is 0 Å². The number of nitrogens with two attached hydrogens (primary N) is 1. The third-order valence-corrected chi connectivity index (χ3v) is 3.38. The number of anilines is 2. The van der Waals surface area contributed by atoms with Crippen LogP contribution in [0.15, 0.2) is 18.2 Å². The highest BCUT2D eigenvalue weighted by Crippen LogP contribution is 2.25. The maximum atomic E-state index is 9.46. The molecule has 1 aromatic heterocycles. The molecule has 5 heteroatoms. The van der Waals surface area contributed by atoms with E-state index in [0.29, 0.717) is 12.4 Å². The van der Waals surface area contributed by atoms with Gasteiger partial charge in [0.25, 0.3) is 0 Å². The van der Waals surface area contributed by atoms with Crippen molar-refractivity contribution in [3.05, 3.63) is 18.2 Å². The molecule has 0 aliphatic heterocycles. The summed E-state index contributed by atoms with van der Waals surface area (Å²) in [5.74, 6) is 6.69. The third-order valence-electron chi connectivity index (χ3n) is 3.38.